The second-order valence-electron chi connectivity index (χ2n) is 8.21. The first-order chi connectivity index (χ1) is 14.2. The summed E-state index contributed by atoms with van der Waals surface area (Å²) in [5.74, 6) is 0.544. The van der Waals surface area contributed by atoms with E-state index in [1.165, 1.54) is 15.0 Å². The minimum Gasteiger partial charge on any atom is -0.352 e. The molecule has 0 saturated carbocycles. The van der Waals surface area contributed by atoms with Crippen LogP contribution in [0.3, 0.4) is 0 Å². The van der Waals surface area contributed by atoms with Gasteiger partial charge in [0, 0.05) is 18.7 Å². The Hall–Kier alpha value is -3.41. The van der Waals surface area contributed by atoms with Gasteiger partial charge in [-0.2, -0.15) is 9.94 Å². The van der Waals surface area contributed by atoms with Crippen LogP contribution in [0.1, 0.15) is 44.5 Å². The van der Waals surface area contributed by atoms with Crippen molar-refractivity contribution in [3.05, 3.63) is 44.6 Å². The molecule has 1 aromatic carbocycles. The number of fused-ring (bicyclic) bond motifs is 3. The van der Waals surface area contributed by atoms with Gasteiger partial charge in [-0.25, -0.2) is 9.20 Å². The number of amides is 1. The lowest BCUT2D eigenvalue weighted by atomic mass is 10.1. The Labute approximate surface area is 173 Å². The molecule has 9 heteroatoms. The Bertz CT molecular complexity index is 1260. The third-order valence-electron chi connectivity index (χ3n) is 4.86. The Morgan fingerprint density at radius 2 is 1.93 bits per heavy atom. The van der Waals surface area contributed by atoms with E-state index in [4.69, 9.17) is 5.26 Å². The average Bonchev–Trinajstić information content (AvgIpc) is 3.02. The lowest BCUT2D eigenvalue weighted by Crippen LogP contribution is -2.29. The largest absolute Gasteiger partial charge is 0.353 e. The molecule has 0 unspecified atom stereocenters. The molecule has 0 fully saturated rings. The number of aromatic nitrogens is 4. The molecule has 0 bridgehead atoms. The first kappa shape index (κ1) is 21.3. The topological polar surface area (TPSA) is 114 Å². The molecule has 30 heavy (non-hydrogen) atoms. The number of nitriles is 1. The molecular weight excluding hydrogens is 384 g/mol. The monoisotopic (exact) mass is 410 g/mol. The minimum atomic E-state index is -0.519. The van der Waals surface area contributed by atoms with Crippen molar-refractivity contribution in [2.45, 2.75) is 47.2 Å². The normalized spacial score (nSPS) is 11.5. The van der Waals surface area contributed by atoms with Crippen molar-refractivity contribution < 1.29 is 4.79 Å². The van der Waals surface area contributed by atoms with Gasteiger partial charge in [0.15, 0.2) is 0 Å². The Kier molecular flexibility index (Phi) is 6.06. The van der Waals surface area contributed by atoms with Crippen LogP contribution in [-0.2, 0) is 13.1 Å². The van der Waals surface area contributed by atoms with Gasteiger partial charge in [-0.05, 0) is 36.5 Å². The zero-order valence-corrected chi connectivity index (χ0v) is 17.7. The van der Waals surface area contributed by atoms with E-state index < -0.39 is 5.69 Å². The summed E-state index contributed by atoms with van der Waals surface area (Å²) in [7, 11) is 0. The molecule has 158 valence electrons. The number of hydrogen-bond donors (Lipinski definition) is 1. The van der Waals surface area contributed by atoms with Crippen molar-refractivity contribution >= 4 is 22.6 Å². The molecular formula is C21H26N6O3. The van der Waals surface area contributed by atoms with Gasteiger partial charge >= 0.3 is 5.69 Å². The van der Waals surface area contributed by atoms with E-state index in [9.17, 15) is 14.4 Å². The number of nitrogens with zero attached hydrogens (tertiary/aromatic N) is 5. The quantitative estimate of drug-likeness (QED) is 0.637. The van der Waals surface area contributed by atoms with Gasteiger partial charge in [-0.3, -0.25) is 14.2 Å². The zero-order valence-electron chi connectivity index (χ0n) is 17.7. The van der Waals surface area contributed by atoms with Crippen molar-refractivity contribution in [2.24, 2.45) is 11.8 Å². The summed E-state index contributed by atoms with van der Waals surface area (Å²) in [6, 6.07) is 6.60. The van der Waals surface area contributed by atoms with Crippen LogP contribution in [0, 0.1) is 23.2 Å². The Morgan fingerprint density at radius 3 is 2.57 bits per heavy atom. The number of hydrogen-bond acceptors (Lipinski definition) is 5. The maximum atomic E-state index is 13.2. The first-order valence-corrected chi connectivity index (χ1v) is 10.1. The fourth-order valence-corrected chi connectivity index (χ4v) is 3.21. The maximum absolute atomic E-state index is 13.2. The summed E-state index contributed by atoms with van der Waals surface area (Å²) in [5, 5.41) is 16.4. The van der Waals surface area contributed by atoms with Crippen molar-refractivity contribution in [2.75, 3.05) is 6.54 Å². The predicted octanol–water partition coefficient (Wildman–Crippen LogP) is 1.77. The summed E-state index contributed by atoms with van der Waals surface area (Å²) in [4.78, 5) is 38.6. The van der Waals surface area contributed by atoms with E-state index in [1.54, 1.807) is 12.1 Å². The van der Waals surface area contributed by atoms with E-state index in [0.717, 1.165) is 11.1 Å². The summed E-state index contributed by atoms with van der Waals surface area (Å²) >= 11 is 0. The van der Waals surface area contributed by atoms with Crippen molar-refractivity contribution in [3.8, 4) is 6.07 Å². The third kappa shape index (κ3) is 3.99. The lowest BCUT2D eigenvalue weighted by Gasteiger charge is -2.12. The second-order valence-corrected chi connectivity index (χ2v) is 8.21. The SMILES string of the molecule is CC(C)CCn1c(=O)c2ccc(C(=O)NCC(C)C)cc2n2c(=O)n(CC#N)nc12. The van der Waals surface area contributed by atoms with Gasteiger partial charge in [-0.15, -0.1) is 5.10 Å². The molecule has 9 nitrogen and oxygen atoms in total. The van der Waals surface area contributed by atoms with E-state index in [-0.39, 0.29) is 23.8 Å². The van der Waals surface area contributed by atoms with Crippen LogP contribution in [-0.4, -0.2) is 31.2 Å². The average molecular weight is 410 g/mol. The van der Waals surface area contributed by atoms with E-state index in [2.05, 4.69) is 10.4 Å². The molecule has 1 N–H and O–H groups in total. The molecule has 0 spiro atoms. The van der Waals surface area contributed by atoms with Gasteiger partial charge in [-0.1, -0.05) is 27.7 Å². The van der Waals surface area contributed by atoms with Gasteiger partial charge in [0.05, 0.1) is 17.0 Å². The highest BCUT2D eigenvalue weighted by atomic mass is 16.2. The highest BCUT2D eigenvalue weighted by Crippen LogP contribution is 2.15. The smallest absolute Gasteiger partial charge is 0.352 e. The highest BCUT2D eigenvalue weighted by molar-refractivity contribution is 5.98. The molecule has 2 heterocycles. The van der Waals surface area contributed by atoms with Gasteiger partial charge in [0.25, 0.3) is 11.5 Å². The summed E-state index contributed by atoms with van der Waals surface area (Å²) in [6.45, 7) is 8.77. The van der Waals surface area contributed by atoms with Crippen molar-refractivity contribution in [1.82, 2.24) is 24.1 Å². The van der Waals surface area contributed by atoms with E-state index in [1.807, 2.05) is 33.8 Å². The number of nitrogens with one attached hydrogen (secondary N) is 1. The van der Waals surface area contributed by atoms with Gasteiger partial charge in [0.2, 0.25) is 5.78 Å². The van der Waals surface area contributed by atoms with Crippen LogP contribution in [0.5, 0.6) is 0 Å². The van der Waals surface area contributed by atoms with E-state index in [0.29, 0.717) is 41.4 Å². The molecule has 3 aromatic rings. The molecule has 0 aliphatic heterocycles. The Balaban J connectivity index is 2.27. The zero-order chi connectivity index (χ0) is 22.0. The van der Waals surface area contributed by atoms with Crippen LogP contribution < -0.4 is 16.6 Å². The minimum absolute atomic E-state index is 0.174. The van der Waals surface area contributed by atoms with Gasteiger partial charge in [0.1, 0.15) is 6.54 Å². The van der Waals surface area contributed by atoms with Crippen LogP contribution in [0.2, 0.25) is 0 Å². The number of aryl methyl sites for hydroxylation is 1. The molecule has 1 amide bonds. The molecule has 0 saturated heterocycles. The number of benzene rings is 1. The molecule has 0 radical (unpaired) electrons. The number of rotatable bonds is 7. The van der Waals surface area contributed by atoms with E-state index >= 15 is 0 Å². The lowest BCUT2D eigenvalue weighted by molar-refractivity contribution is 0.0949. The summed E-state index contributed by atoms with van der Waals surface area (Å²) < 4.78 is 3.81. The molecule has 0 aliphatic carbocycles. The van der Waals surface area contributed by atoms with Crippen LogP contribution in [0.15, 0.2) is 27.8 Å². The molecule has 0 atom stereocenters. The molecule has 2 aromatic heterocycles. The fourth-order valence-electron chi connectivity index (χ4n) is 3.21. The van der Waals surface area contributed by atoms with Crippen LogP contribution >= 0.6 is 0 Å². The second kappa shape index (κ2) is 8.53. The third-order valence-corrected chi connectivity index (χ3v) is 4.86. The summed E-state index contributed by atoms with van der Waals surface area (Å²) in [5.41, 5.74) is -0.137. The number of carbonyl (C=O) groups is 1. The van der Waals surface area contributed by atoms with Crippen LogP contribution in [0.4, 0.5) is 0 Å². The van der Waals surface area contributed by atoms with Crippen molar-refractivity contribution in [1.29, 1.82) is 5.26 Å². The predicted molar refractivity (Wildman–Crippen MR) is 113 cm³/mol. The highest BCUT2D eigenvalue weighted by Gasteiger charge is 2.19. The molecule has 0 aliphatic rings. The number of carbonyl (C=O) groups excluding carboxylic acids is 1. The fraction of sp³-hybridized carbons (Fsp3) is 0.476. The standard InChI is InChI=1S/C21H26N6O3/c1-13(2)7-9-25-19(29)16-6-5-15(18(28)23-12-14(3)4)11-17(16)27-20(25)24-26(10-8-22)21(27)30/h5-6,11,13-14H,7,9-10,12H2,1-4H3,(H,23,28). The molecule has 3 rings (SSSR count). The first-order valence-electron chi connectivity index (χ1n) is 10.1. The Morgan fingerprint density at radius 1 is 1.20 bits per heavy atom. The van der Waals surface area contributed by atoms with Crippen molar-refractivity contribution in [3.63, 3.8) is 0 Å². The summed E-state index contributed by atoms with van der Waals surface area (Å²) in [6.07, 6.45) is 0.732. The van der Waals surface area contributed by atoms with Gasteiger partial charge < -0.3 is 5.32 Å². The maximum Gasteiger partial charge on any atom is 0.353 e. The van der Waals surface area contributed by atoms with Crippen LogP contribution in [0.25, 0.3) is 16.7 Å².